The summed E-state index contributed by atoms with van der Waals surface area (Å²) in [5.41, 5.74) is 1.91. The summed E-state index contributed by atoms with van der Waals surface area (Å²) in [6.45, 7) is 4.60. The number of fused-ring (bicyclic) bond motifs is 1. The smallest absolute Gasteiger partial charge is 0.325 e. The van der Waals surface area contributed by atoms with Crippen LogP contribution in [0.3, 0.4) is 0 Å². The van der Waals surface area contributed by atoms with Crippen molar-refractivity contribution in [2.45, 2.75) is 32.4 Å². The molecule has 0 aromatic heterocycles. The molecule has 1 unspecified atom stereocenters. The van der Waals surface area contributed by atoms with E-state index in [0.717, 1.165) is 23.3 Å². The van der Waals surface area contributed by atoms with E-state index in [1.54, 1.807) is 0 Å². The number of carboxylic acid groups (broad SMARTS) is 1. The highest BCUT2D eigenvalue weighted by atomic mass is 16.5. The summed E-state index contributed by atoms with van der Waals surface area (Å²) in [6.07, 6.45) is 0.953. The lowest BCUT2D eigenvalue weighted by molar-refractivity contribution is -0.139. The van der Waals surface area contributed by atoms with Crippen molar-refractivity contribution in [3.05, 3.63) is 29.3 Å². The quantitative estimate of drug-likeness (QED) is 0.838. The average Bonchev–Trinajstić information content (AvgIpc) is 2.27. The standard InChI is InChI=1S/C13H17NO3/c1-8(2)17-10-4-3-9-5-6-14-12(13(15)16)11(9)7-10/h3-4,7-8,12,14H,5-6H2,1-2H3,(H,15,16). The fourth-order valence-electron chi connectivity index (χ4n) is 2.10. The first-order valence-corrected chi connectivity index (χ1v) is 5.83. The fourth-order valence-corrected chi connectivity index (χ4v) is 2.10. The van der Waals surface area contributed by atoms with Gasteiger partial charge in [-0.05, 0) is 43.5 Å². The van der Waals surface area contributed by atoms with Gasteiger partial charge >= 0.3 is 5.97 Å². The molecular formula is C13H17NO3. The van der Waals surface area contributed by atoms with E-state index < -0.39 is 12.0 Å². The summed E-state index contributed by atoms with van der Waals surface area (Å²) in [5, 5.41) is 12.2. The number of carboxylic acids is 1. The second kappa shape index (κ2) is 4.75. The Morgan fingerprint density at radius 3 is 2.94 bits per heavy atom. The van der Waals surface area contributed by atoms with Crippen LogP contribution in [0.2, 0.25) is 0 Å². The summed E-state index contributed by atoms with van der Waals surface area (Å²) < 4.78 is 5.59. The van der Waals surface area contributed by atoms with E-state index in [1.165, 1.54) is 0 Å². The van der Waals surface area contributed by atoms with Crippen molar-refractivity contribution >= 4 is 5.97 Å². The Balaban J connectivity index is 2.33. The third-order valence-electron chi connectivity index (χ3n) is 2.79. The predicted octanol–water partition coefficient (Wildman–Crippen LogP) is 1.75. The molecule has 0 amide bonds. The molecular weight excluding hydrogens is 218 g/mol. The summed E-state index contributed by atoms with van der Waals surface area (Å²) >= 11 is 0. The minimum atomic E-state index is -0.840. The lowest BCUT2D eigenvalue weighted by Gasteiger charge is -2.24. The third kappa shape index (κ3) is 2.58. The lowest BCUT2D eigenvalue weighted by atomic mass is 9.94. The van der Waals surface area contributed by atoms with Crippen molar-refractivity contribution in [1.29, 1.82) is 0 Å². The molecule has 0 radical (unpaired) electrons. The largest absolute Gasteiger partial charge is 0.491 e. The van der Waals surface area contributed by atoms with Crippen LogP contribution < -0.4 is 10.1 Å². The van der Waals surface area contributed by atoms with E-state index in [-0.39, 0.29) is 6.10 Å². The predicted molar refractivity (Wildman–Crippen MR) is 64.3 cm³/mol. The van der Waals surface area contributed by atoms with Gasteiger partial charge in [0.05, 0.1) is 6.10 Å². The Labute approximate surface area is 101 Å². The van der Waals surface area contributed by atoms with Gasteiger partial charge in [-0.25, -0.2) is 0 Å². The van der Waals surface area contributed by atoms with Gasteiger partial charge in [-0.2, -0.15) is 0 Å². The Kier molecular flexibility index (Phi) is 3.33. The van der Waals surface area contributed by atoms with Gasteiger partial charge in [-0.3, -0.25) is 4.79 Å². The van der Waals surface area contributed by atoms with E-state index in [1.807, 2.05) is 32.0 Å². The van der Waals surface area contributed by atoms with Gasteiger partial charge in [0.2, 0.25) is 0 Å². The number of aliphatic carboxylic acids is 1. The molecule has 4 heteroatoms. The van der Waals surface area contributed by atoms with Crippen LogP contribution in [-0.4, -0.2) is 23.7 Å². The third-order valence-corrected chi connectivity index (χ3v) is 2.79. The first kappa shape index (κ1) is 11.9. The molecule has 0 spiro atoms. The Hall–Kier alpha value is -1.55. The number of rotatable bonds is 3. The number of benzene rings is 1. The first-order chi connectivity index (χ1) is 8.08. The average molecular weight is 235 g/mol. The van der Waals surface area contributed by atoms with Crippen LogP contribution in [0.15, 0.2) is 18.2 Å². The van der Waals surface area contributed by atoms with Crippen LogP contribution >= 0.6 is 0 Å². The molecule has 2 N–H and O–H groups in total. The molecule has 4 nitrogen and oxygen atoms in total. The van der Waals surface area contributed by atoms with Crippen molar-refractivity contribution in [3.63, 3.8) is 0 Å². The SMILES string of the molecule is CC(C)Oc1ccc2c(c1)C(C(=O)O)NCC2. The number of hydrogen-bond donors (Lipinski definition) is 2. The van der Waals surface area contributed by atoms with Gasteiger partial charge < -0.3 is 15.2 Å². The number of carbonyl (C=O) groups is 1. The molecule has 1 aromatic rings. The molecule has 1 aromatic carbocycles. The van der Waals surface area contributed by atoms with E-state index in [2.05, 4.69) is 5.32 Å². The molecule has 1 atom stereocenters. The van der Waals surface area contributed by atoms with Gasteiger partial charge in [0.15, 0.2) is 0 Å². The van der Waals surface area contributed by atoms with E-state index in [0.29, 0.717) is 6.54 Å². The highest BCUT2D eigenvalue weighted by Gasteiger charge is 2.26. The van der Waals surface area contributed by atoms with E-state index in [4.69, 9.17) is 9.84 Å². The van der Waals surface area contributed by atoms with Gasteiger partial charge in [0.25, 0.3) is 0 Å². The van der Waals surface area contributed by atoms with Gasteiger partial charge in [0, 0.05) is 6.54 Å². The minimum Gasteiger partial charge on any atom is -0.491 e. The van der Waals surface area contributed by atoms with Crippen LogP contribution in [0.5, 0.6) is 5.75 Å². The van der Waals surface area contributed by atoms with E-state index >= 15 is 0 Å². The molecule has 0 bridgehead atoms. The van der Waals surface area contributed by atoms with Crippen molar-refractivity contribution in [3.8, 4) is 5.75 Å². The summed E-state index contributed by atoms with van der Waals surface area (Å²) in [6, 6.07) is 5.09. The van der Waals surface area contributed by atoms with Gasteiger partial charge in [0.1, 0.15) is 11.8 Å². The summed E-state index contributed by atoms with van der Waals surface area (Å²) in [4.78, 5) is 11.1. The number of hydrogen-bond acceptors (Lipinski definition) is 3. The fraction of sp³-hybridized carbons (Fsp3) is 0.462. The van der Waals surface area contributed by atoms with Gasteiger partial charge in [-0.1, -0.05) is 6.07 Å². The molecule has 0 saturated carbocycles. The normalized spacial score (nSPS) is 18.9. The Morgan fingerprint density at radius 1 is 1.53 bits per heavy atom. The molecule has 0 fully saturated rings. The summed E-state index contributed by atoms with van der Waals surface area (Å²) in [5.74, 6) is -0.110. The Bertz CT molecular complexity index is 429. The monoisotopic (exact) mass is 235 g/mol. The molecule has 0 saturated heterocycles. The van der Waals surface area contributed by atoms with E-state index in [9.17, 15) is 4.79 Å². The van der Waals surface area contributed by atoms with Gasteiger partial charge in [-0.15, -0.1) is 0 Å². The Morgan fingerprint density at radius 2 is 2.29 bits per heavy atom. The molecule has 1 heterocycles. The molecule has 17 heavy (non-hydrogen) atoms. The molecule has 1 aliphatic rings. The highest BCUT2D eigenvalue weighted by Crippen LogP contribution is 2.27. The summed E-state index contributed by atoms with van der Waals surface area (Å²) in [7, 11) is 0. The van der Waals surface area contributed by atoms with Crippen LogP contribution in [0.1, 0.15) is 31.0 Å². The molecule has 0 aliphatic carbocycles. The maximum absolute atomic E-state index is 11.1. The minimum absolute atomic E-state index is 0.0906. The van der Waals surface area contributed by atoms with Crippen LogP contribution in [0.25, 0.3) is 0 Å². The topological polar surface area (TPSA) is 58.6 Å². The number of nitrogens with one attached hydrogen (secondary N) is 1. The second-order valence-electron chi connectivity index (χ2n) is 4.50. The van der Waals surface area contributed by atoms with Crippen molar-refractivity contribution in [1.82, 2.24) is 5.32 Å². The zero-order valence-electron chi connectivity index (χ0n) is 10.1. The lowest BCUT2D eigenvalue weighted by Crippen LogP contribution is -2.35. The molecule has 1 aliphatic heterocycles. The number of ether oxygens (including phenoxy) is 1. The maximum atomic E-state index is 11.1. The van der Waals surface area contributed by atoms with Crippen LogP contribution in [0.4, 0.5) is 0 Å². The first-order valence-electron chi connectivity index (χ1n) is 5.83. The van der Waals surface area contributed by atoms with Crippen molar-refractivity contribution in [2.24, 2.45) is 0 Å². The van der Waals surface area contributed by atoms with Crippen LogP contribution in [0, 0.1) is 0 Å². The molecule has 2 rings (SSSR count). The zero-order chi connectivity index (χ0) is 12.4. The zero-order valence-corrected chi connectivity index (χ0v) is 10.1. The second-order valence-corrected chi connectivity index (χ2v) is 4.50. The molecule has 92 valence electrons. The maximum Gasteiger partial charge on any atom is 0.325 e. The highest BCUT2D eigenvalue weighted by molar-refractivity contribution is 5.76. The van der Waals surface area contributed by atoms with Crippen molar-refractivity contribution in [2.75, 3.05) is 6.54 Å². The van der Waals surface area contributed by atoms with Crippen LogP contribution in [-0.2, 0) is 11.2 Å². The van der Waals surface area contributed by atoms with Crippen molar-refractivity contribution < 1.29 is 14.6 Å².